The fraction of sp³-hybridized carbons (Fsp3) is 1.00. The molecule has 0 bridgehead atoms. The molecule has 1 unspecified atom stereocenters. The highest BCUT2D eigenvalue weighted by Crippen LogP contribution is 2.32. The Bertz CT molecular complexity index is 286. The van der Waals surface area contributed by atoms with Crippen molar-refractivity contribution in [2.45, 2.75) is 75.3 Å². The van der Waals surface area contributed by atoms with Crippen LogP contribution in [0.25, 0.3) is 0 Å². The third-order valence-corrected chi connectivity index (χ3v) is 3.72. The second-order valence-electron chi connectivity index (χ2n) is 5.46. The molecule has 0 aromatic heterocycles. The second kappa shape index (κ2) is 7.65. The highest BCUT2D eigenvalue weighted by molar-refractivity contribution is 4.96. The molecule has 0 saturated carbocycles. The standard InChI is InChI=1S/C13H26O7/c1-2-3-4-5-8(15)6-13(19)12(18)11(17)10(16)9(7-14)20-13/h8-12,14-19H,2-7H2,1H3/t8?,9-,10-,11+,12-,13-/m1/s1. The minimum atomic E-state index is -2.18. The van der Waals surface area contributed by atoms with Crippen molar-refractivity contribution < 1.29 is 35.4 Å². The summed E-state index contributed by atoms with van der Waals surface area (Å²) in [7, 11) is 0. The predicted molar refractivity (Wildman–Crippen MR) is 69.7 cm³/mol. The quantitative estimate of drug-likeness (QED) is 0.314. The maximum atomic E-state index is 10.2. The normalized spacial score (nSPS) is 39.8. The monoisotopic (exact) mass is 294 g/mol. The van der Waals surface area contributed by atoms with Crippen molar-refractivity contribution in [2.24, 2.45) is 0 Å². The Hall–Kier alpha value is -0.280. The van der Waals surface area contributed by atoms with Crippen LogP contribution in [0.4, 0.5) is 0 Å². The number of rotatable bonds is 7. The van der Waals surface area contributed by atoms with Gasteiger partial charge in [-0.3, -0.25) is 0 Å². The van der Waals surface area contributed by atoms with Crippen LogP contribution in [0.15, 0.2) is 0 Å². The van der Waals surface area contributed by atoms with Crippen molar-refractivity contribution >= 4 is 0 Å². The van der Waals surface area contributed by atoms with E-state index in [0.29, 0.717) is 6.42 Å². The van der Waals surface area contributed by atoms with Gasteiger partial charge in [0.05, 0.1) is 12.7 Å². The molecule has 7 heteroatoms. The van der Waals surface area contributed by atoms with Crippen molar-refractivity contribution in [3.8, 4) is 0 Å². The first-order valence-electron chi connectivity index (χ1n) is 7.09. The van der Waals surface area contributed by atoms with Crippen LogP contribution in [-0.4, -0.2) is 73.6 Å². The van der Waals surface area contributed by atoms with Crippen molar-refractivity contribution in [1.82, 2.24) is 0 Å². The average Bonchev–Trinajstić information content (AvgIpc) is 2.41. The largest absolute Gasteiger partial charge is 0.394 e. The fourth-order valence-electron chi connectivity index (χ4n) is 2.46. The predicted octanol–water partition coefficient (Wildman–Crippen LogP) is -1.52. The maximum absolute atomic E-state index is 10.2. The summed E-state index contributed by atoms with van der Waals surface area (Å²) in [4.78, 5) is 0. The lowest BCUT2D eigenvalue weighted by Crippen LogP contribution is -2.65. The van der Waals surface area contributed by atoms with E-state index in [-0.39, 0.29) is 6.42 Å². The molecule has 0 aromatic carbocycles. The summed E-state index contributed by atoms with van der Waals surface area (Å²) in [5.74, 6) is -2.18. The van der Waals surface area contributed by atoms with Crippen LogP contribution in [0.2, 0.25) is 0 Å². The Balaban J connectivity index is 2.64. The molecular weight excluding hydrogens is 268 g/mol. The summed E-state index contributed by atoms with van der Waals surface area (Å²) >= 11 is 0. The Morgan fingerprint density at radius 3 is 2.35 bits per heavy atom. The Kier molecular flexibility index (Phi) is 6.80. The maximum Gasteiger partial charge on any atom is 0.197 e. The van der Waals surface area contributed by atoms with Gasteiger partial charge in [0.1, 0.15) is 24.4 Å². The number of aliphatic hydroxyl groups excluding tert-OH is 5. The minimum Gasteiger partial charge on any atom is -0.394 e. The summed E-state index contributed by atoms with van der Waals surface area (Å²) < 4.78 is 5.08. The zero-order valence-electron chi connectivity index (χ0n) is 11.7. The van der Waals surface area contributed by atoms with Crippen molar-refractivity contribution in [3.63, 3.8) is 0 Å². The van der Waals surface area contributed by atoms with Gasteiger partial charge in [-0.2, -0.15) is 0 Å². The molecular formula is C13H26O7. The molecule has 6 N–H and O–H groups in total. The summed E-state index contributed by atoms with van der Waals surface area (Å²) in [5, 5.41) is 58.2. The van der Waals surface area contributed by atoms with Gasteiger partial charge in [0.25, 0.3) is 0 Å². The zero-order valence-corrected chi connectivity index (χ0v) is 11.7. The minimum absolute atomic E-state index is 0.293. The zero-order chi connectivity index (χ0) is 15.3. The lowest BCUT2D eigenvalue weighted by atomic mass is 9.88. The molecule has 120 valence electrons. The molecule has 1 aliphatic heterocycles. The number of aliphatic hydroxyl groups is 6. The summed E-state index contributed by atoms with van der Waals surface area (Å²) in [5.41, 5.74) is 0. The molecule has 20 heavy (non-hydrogen) atoms. The molecule has 6 atom stereocenters. The van der Waals surface area contributed by atoms with Crippen LogP contribution in [-0.2, 0) is 4.74 Å². The van der Waals surface area contributed by atoms with Gasteiger partial charge >= 0.3 is 0 Å². The molecule has 1 heterocycles. The number of hydrogen-bond donors (Lipinski definition) is 6. The molecule has 1 rings (SSSR count). The fourth-order valence-corrected chi connectivity index (χ4v) is 2.46. The first kappa shape index (κ1) is 17.8. The SMILES string of the molecule is CCCCCC(O)C[C@@]1(O)O[C@H](CO)[C@@H](O)[C@H](O)[C@H]1O. The number of unbranched alkanes of at least 4 members (excludes halogenated alkanes) is 2. The van der Waals surface area contributed by atoms with E-state index in [1.165, 1.54) is 0 Å². The van der Waals surface area contributed by atoms with Crippen LogP contribution in [0.1, 0.15) is 39.0 Å². The Labute approximate surface area is 118 Å². The van der Waals surface area contributed by atoms with Crippen molar-refractivity contribution in [3.05, 3.63) is 0 Å². The van der Waals surface area contributed by atoms with E-state index in [2.05, 4.69) is 0 Å². The lowest BCUT2D eigenvalue weighted by Gasteiger charge is -2.46. The smallest absolute Gasteiger partial charge is 0.197 e. The molecule has 7 nitrogen and oxygen atoms in total. The van der Waals surface area contributed by atoms with E-state index in [4.69, 9.17) is 9.84 Å². The van der Waals surface area contributed by atoms with E-state index in [0.717, 1.165) is 19.3 Å². The van der Waals surface area contributed by atoms with E-state index in [1.54, 1.807) is 0 Å². The molecule has 1 aliphatic rings. The average molecular weight is 294 g/mol. The first-order chi connectivity index (χ1) is 9.35. The van der Waals surface area contributed by atoms with Gasteiger partial charge in [0.15, 0.2) is 5.79 Å². The molecule has 0 amide bonds. The van der Waals surface area contributed by atoms with Crippen LogP contribution in [0.5, 0.6) is 0 Å². The summed E-state index contributed by atoms with van der Waals surface area (Å²) in [6, 6.07) is 0. The molecule has 0 aromatic rings. The molecule has 0 radical (unpaired) electrons. The van der Waals surface area contributed by atoms with E-state index >= 15 is 0 Å². The van der Waals surface area contributed by atoms with Crippen molar-refractivity contribution in [2.75, 3.05) is 6.61 Å². The van der Waals surface area contributed by atoms with Gasteiger partial charge in [-0.15, -0.1) is 0 Å². The van der Waals surface area contributed by atoms with Gasteiger partial charge in [0.2, 0.25) is 0 Å². The highest BCUT2D eigenvalue weighted by atomic mass is 16.7. The summed E-state index contributed by atoms with van der Waals surface area (Å²) in [6.45, 7) is 1.41. The van der Waals surface area contributed by atoms with Gasteiger partial charge in [-0.05, 0) is 6.42 Å². The lowest BCUT2D eigenvalue weighted by molar-refractivity contribution is -0.355. The molecule has 1 fully saturated rings. The van der Waals surface area contributed by atoms with Gasteiger partial charge in [0, 0.05) is 6.42 Å². The third kappa shape index (κ3) is 4.11. The molecule has 0 aliphatic carbocycles. The van der Waals surface area contributed by atoms with E-state index in [9.17, 15) is 25.5 Å². The van der Waals surface area contributed by atoms with Crippen LogP contribution in [0.3, 0.4) is 0 Å². The Morgan fingerprint density at radius 1 is 1.15 bits per heavy atom. The number of ether oxygens (including phenoxy) is 1. The van der Waals surface area contributed by atoms with Crippen molar-refractivity contribution in [1.29, 1.82) is 0 Å². The van der Waals surface area contributed by atoms with Crippen LogP contribution < -0.4 is 0 Å². The van der Waals surface area contributed by atoms with E-state index < -0.39 is 42.9 Å². The third-order valence-electron chi connectivity index (χ3n) is 3.72. The second-order valence-corrected chi connectivity index (χ2v) is 5.46. The highest BCUT2D eigenvalue weighted by Gasteiger charge is 2.53. The Morgan fingerprint density at radius 2 is 1.80 bits per heavy atom. The number of hydrogen-bond acceptors (Lipinski definition) is 7. The molecule has 0 spiro atoms. The van der Waals surface area contributed by atoms with Crippen LogP contribution in [0, 0.1) is 0 Å². The van der Waals surface area contributed by atoms with Crippen LogP contribution >= 0.6 is 0 Å². The van der Waals surface area contributed by atoms with Gasteiger partial charge in [-0.1, -0.05) is 26.2 Å². The molecule has 1 saturated heterocycles. The topological polar surface area (TPSA) is 131 Å². The van der Waals surface area contributed by atoms with Gasteiger partial charge in [-0.25, -0.2) is 0 Å². The van der Waals surface area contributed by atoms with Gasteiger partial charge < -0.3 is 35.4 Å². The van der Waals surface area contributed by atoms with E-state index in [1.807, 2.05) is 6.92 Å². The first-order valence-corrected chi connectivity index (χ1v) is 7.09. The summed E-state index contributed by atoms with van der Waals surface area (Å²) in [6.07, 6.45) is -4.13.